The van der Waals surface area contributed by atoms with E-state index in [0.29, 0.717) is 18.6 Å². The minimum absolute atomic E-state index is 0.205. The number of rotatable bonds is 3. The fourth-order valence-electron chi connectivity index (χ4n) is 2.94. The van der Waals surface area contributed by atoms with E-state index in [4.69, 9.17) is 9.31 Å². The van der Waals surface area contributed by atoms with Crippen molar-refractivity contribution in [3.8, 4) is 0 Å². The van der Waals surface area contributed by atoms with Crippen LogP contribution in [0.15, 0.2) is 23.4 Å². The predicted octanol–water partition coefficient (Wildman–Crippen LogP) is 1.56. The van der Waals surface area contributed by atoms with Crippen LogP contribution in [0.25, 0.3) is 0 Å². The van der Waals surface area contributed by atoms with E-state index in [-0.39, 0.29) is 4.90 Å². The fraction of sp³-hybridized carbons (Fsp3) is 0.688. The molecule has 8 heteroatoms. The average Bonchev–Trinajstić information content (AvgIpc) is 2.76. The SMILES string of the molecule is CC1(C)OB(c2cncc(S(=O)(=O)N3CCCCC3)c2)OC1(C)C. The van der Waals surface area contributed by atoms with Crippen molar-refractivity contribution in [2.24, 2.45) is 0 Å². The minimum atomic E-state index is -3.51. The van der Waals surface area contributed by atoms with Crippen LogP contribution >= 0.6 is 0 Å². The maximum atomic E-state index is 12.8. The fourth-order valence-corrected chi connectivity index (χ4v) is 4.46. The van der Waals surface area contributed by atoms with Gasteiger partial charge in [0.2, 0.25) is 10.0 Å². The lowest BCUT2D eigenvalue weighted by atomic mass is 9.80. The Bertz CT molecular complexity index is 699. The Hall–Kier alpha value is -0.955. The molecule has 6 nitrogen and oxygen atoms in total. The largest absolute Gasteiger partial charge is 0.496 e. The van der Waals surface area contributed by atoms with E-state index in [9.17, 15) is 8.42 Å². The van der Waals surface area contributed by atoms with Gasteiger partial charge in [-0.1, -0.05) is 6.42 Å². The molecule has 1 aromatic heterocycles. The molecule has 2 saturated heterocycles. The highest BCUT2D eigenvalue weighted by Gasteiger charge is 2.52. The average molecular weight is 352 g/mol. The molecule has 24 heavy (non-hydrogen) atoms. The molecule has 1 aromatic rings. The molecular weight excluding hydrogens is 327 g/mol. The molecule has 0 spiro atoms. The summed E-state index contributed by atoms with van der Waals surface area (Å²) in [6.45, 7) is 9.01. The molecule has 0 aromatic carbocycles. The van der Waals surface area contributed by atoms with Gasteiger partial charge in [-0.3, -0.25) is 4.98 Å². The Morgan fingerprint density at radius 2 is 1.62 bits per heavy atom. The highest BCUT2D eigenvalue weighted by Crippen LogP contribution is 2.36. The third kappa shape index (κ3) is 3.12. The van der Waals surface area contributed by atoms with Gasteiger partial charge in [0.1, 0.15) is 4.90 Å². The van der Waals surface area contributed by atoms with Crippen LogP contribution in [0.4, 0.5) is 0 Å². The highest BCUT2D eigenvalue weighted by atomic mass is 32.2. The maximum absolute atomic E-state index is 12.8. The Kier molecular flexibility index (Phi) is 4.53. The predicted molar refractivity (Wildman–Crippen MR) is 92.6 cm³/mol. The van der Waals surface area contributed by atoms with Crippen LogP contribution in [0.5, 0.6) is 0 Å². The number of pyridine rings is 1. The van der Waals surface area contributed by atoms with Gasteiger partial charge in [0, 0.05) is 30.9 Å². The molecule has 0 N–H and O–H groups in total. The van der Waals surface area contributed by atoms with Crippen LogP contribution in [-0.4, -0.2) is 49.1 Å². The van der Waals surface area contributed by atoms with Crippen molar-refractivity contribution in [1.82, 2.24) is 9.29 Å². The van der Waals surface area contributed by atoms with E-state index in [1.165, 1.54) is 6.20 Å². The first kappa shape index (κ1) is 17.9. The van der Waals surface area contributed by atoms with Gasteiger partial charge in [-0.25, -0.2) is 8.42 Å². The summed E-state index contributed by atoms with van der Waals surface area (Å²) in [5, 5.41) is 0. The first-order valence-electron chi connectivity index (χ1n) is 8.44. The zero-order valence-corrected chi connectivity index (χ0v) is 15.6. The second-order valence-corrected chi connectivity index (χ2v) is 9.44. The normalized spacial score (nSPS) is 24.2. The van der Waals surface area contributed by atoms with Crippen LogP contribution in [0.2, 0.25) is 0 Å². The van der Waals surface area contributed by atoms with E-state index >= 15 is 0 Å². The van der Waals surface area contributed by atoms with Crippen LogP contribution in [0.3, 0.4) is 0 Å². The van der Waals surface area contributed by atoms with Crippen molar-refractivity contribution >= 4 is 22.6 Å². The quantitative estimate of drug-likeness (QED) is 0.773. The van der Waals surface area contributed by atoms with Gasteiger partial charge in [-0.2, -0.15) is 4.31 Å². The van der Waals surface area contributed by atoms with Crippen molar-refractivity contribution in [3.63, 3.8) is 0 Å². The van der Waals surface area contributed by atoms with E-state index in [1.54, 1.807) is 16.6 Å². The van der Waals surface area contributed by atoms with Gasteiger partial charge >= 0.3 is 7.12 Å². The lowest BCUT2D eigenvalue weighted by Crippen LogP contribution is -2.41. The molecule has 2 aliphatic rings. The van der Waals surface area contributed by atoms with Gasteiger partial charge in [0.05, 0.1) is 11.2 Å². The van der Waals surface area contributed by atoms with Crippen LogP contribution < -0.4 is 5.46 Å². The molecule has 0 bridgehead atoms. The Morgan fingerprint density at radius 3 is 2.21 bits per heavy atom. The lowest BCUT2D eigenvalue weighted by molar-refractivity contribution is 0.00578. The van der Waals surface area contributed by atoms with Crippen molar-refractivity contribution in [2.75, 3.05) is 13.1 Å². The summed E-state index contributed by atoms with van der Waals surface area (Å²) < 4.78 is 39.2. The Morgan fingerprint density at radius 1 is 1.04 bits per heavy atom. The first-order chi connectivity index (χ1) is 11.1. The van der Waals surface area contributed by atoms with Crippen molar-refractivity contribution < 1.29 is 17.7 Å². The van der Waals surface area contributed by atoms with Crippen LogP contribution in [0.1, 0.15) is 47.0 Å². The summed E-state index contributed by atoms with van der Waals surface area (Å²) in [4.78, 5) is 4.33. The summed E-state index contributed by atoms with van der Waals surface area (Å²) >= 11 is 0. The zero-order chi connectivity index (χ0) is 17.6. The number of sulfonamides is 1. The number of piperidine rings is 1. The molecule has 3 heterocycles. The van der Waals surface area contributed by atoms with Crippen LogP contribution in [0, 0.1) is 0 Å². The number of hydrogen-bond donors (Lipinski definition) is 0. The van der Waals surface area contributed by atoms with Crippen molar-refractivity contribution in [1.29, 1.82) is 0 Å². The Balaban J connectivity index is 1.88. The van der Waals surface area contributed by atoms with Gasteiger partial charge in [-0.05, 0) is 46.6 Å². The molecule has 2 aliphatic heterocycles. The van der Waals surface area contributed by atoms with Gasteiger partial charge in [0.15, 0.2) is 0 Å². The molecule has 132 valence electrons. The van der Waals surface area contributed by atoms with Crippen molar-refractivity contribution in [3.05, 3.63) is 18.5 Å². The second kappa shape index (κ2) is 6.09. The molecule has 3 rings (SSSR count). The Labute approximate surface area is 144 Å². The molecular formula is C16H25BN2O4S. The first-order valence-corrected chi connectivity index (χ1v) is 9.88. The van der Waals surface area contributed by atoms with Gasteiger partial charge < -0.3 is 9.31 Å². The molecule has 0 unspecified atom stereocenters. The molecule has 0 radical (unpaired) electrons. The molecule has 2 fully saturated rings. The number of hydrogen-bond acceptors (Lipinski definition) is 5. The van der Waals surface area contributed by atoms with E-state index in [1.807, 2.05) is 27.7 Å². The van der Waals surface area contributed by atoms with Crippen molar-refractivity contribution in [2.45, 2.75) is 63.1 Å². The minimum Gasteiger partial charge on any atom is -0.399 e. The maximum Gasteiger partial charge on any atom is 0.496 e. The summed E-state index contributed by atoms with van der Waals surface area (Å²) in [5.41, 5.74) is -0.314. The third-order valence-electron chi connectivity index (χ3n) is 5.21. The van der Waals surface area contributed by atoms with E-state index in [2.05, 4.69) is 4.98 Å². The summed E-state index contributed by atoms with van der Waals surface area (Å²) in [6.07, 6.45) is 5.90. The van der Waals surface area contributed by atoms with E-state index in [0.717, 1.165) is 19.3 Å². The standard InChI is InChI=1S/C16H25BN2O4S/c1-15(2)16(3,4)23-17(22-15)13-10-14(12-18-11-13)24(20,21)19-8-6-5-7-9-19/h10-12H,5-9H2,1-4H3. The summed E-state index contributed by atoms with van der Waals surface area (Å²) in [7, 11) is -4.12. The lowest BCUT2D eigenvalue weighted by Gasteiger charge is -2.32. The highest BCUT2D eigenvalue weighted by molar-refractivity contribution is 7.89. The zero-order valence-electron chi connectivity index (χ0n) is 14.8. The topological polar surface area (TPSA) is 68.7 Å². The molecule has 0 atom stereocenters. The number of aromatic nitrogens is 1. The summed E-state index contributed by atoms with van der Waals surface area (Å²) in [5.74, 6) is 0. The molecule has 0 saturated carbocycles. The van der Waals surface area contributed by atoms with Gasteiger partial charge in [-0.15, -0.1) is 0 Å². The number of nitrogens with zero attached hydrogens (tertiary/aromatic N) is 2. The van der Waals surface area contributed by atoms with E-state index < -0.39 is 28.3 Å². The second-order valence-electron chi connectivity index (χ2n) is 7.51. The van der Waals surface area contributed by atoms with Gasteiger partial charge in [0.25, 0.3) is 0 Å². The third-order valence-corrected chi connectivity index (χ3v) is 7.08. The van der Waals surface area contributed by atoms with Crippen LogP contribution in [-0.2, 0) is 19.3 Å². The molecule has 0 aliphatic carbocycles. The monoisotopic (exact) mass is 352 g/mol. The molecule has 0 amide bonds. The smallest absolute Gasteiger partial charge is 0.399 e. The summed E-state index contributed by atoms with van der Waals surface area (Å²) in [6, 6.07) is 1.62.